The van der Waals surface area contributed by atoms with E-state index in [1.165, 1.54) is 64.6 Å². The van der Waals surface area contributed by atoms with E-state index in [0.717, 1.165) is 33.4 Å². The minimum Gasteiger partial charge on any atom is -0.386 e. The summed E-state index contributed by atoms with van der Waals surface area (Å²) in [6, 6.07) is 68.2. The number of benzene rings is 12. The molecule has 4 nitrogen and oxygen atoms in total. The van der Waals surface area contributed by atoms with Crippen molar-refractivity contribution in [1.82, 2.24) is 0 Å². The molecule has 0 saturated carbocycles. The average Bonchev–Trinajstić information content (AvgIpc) is 3.28. The van der Waals surface area contributed by atoms with Gasteiger partial charge in [-0.1, -0.05) is 127 Å². The van der Waals surface area contributed by atoms with Crippen molar-refractivity contribution in [1.29, 1.82) is 0 Å². The number of phosphoric acid groups is 1. The van der Waals surface area contributed by atoms with E-state index in [2.05, 4.69) is 127 Å². The van der Waals surface area contributed by atoms with Gasteiger partial charge in [-0.3, -0.25) is 0 Å². The van der Waals surface area contributed by atoms with E-state index in [4.69, 9.17) is 13.6 Å². The Morgan fingerprint density at radius 2 is 0.542 bits per heavy atom. The second kappa shape index (κ2) is 13.1. The van der Waals surface area contributed by atoms with Crippen molar-refractivity contribution in [3.63, 3.8) is 0 Å². The zero-order valence-electron chi connectivity index (χ0n) is 31.6. The summed E-state index contributed by atoms with van der Waals surface area (Å²) in [4.78, 5) is 0. The molecule has 12 aromatic rings. The van der Waals surface area contributed by atoms with Gasteiger partial charge in [0, 0.05) is 0 Å². The second-order valence-corrected chi connectivity index (χ2v) is 16.8. The standard InChI is InChI=1S/C54H33O4P/c55-59(56-46-19-10-34(11-20-46)49-25-16-40-31-52(49)43-7-1-4-37(40)28-43,57-47-21-12-35(13-22-47)50-26-17-41-32-53(50)44-8-2-5-38(41)29-44)58-48-23-14-36(15-24-48)51-27-18-42-33-54(51)45-9-3-6-39(42)30-45/h1-33H. The van der Waals surface area contributed by atoms with Crippen LogP contribution in [0.3, 0.4) is 0 Å². The fraction of sp³-hybridized carbons (Fsp3) is 0. The Hall–Kier alpha value is -7.39. The van der Waals surface area contributed by atoms with Crippen molar-refractivity contribution in [2.45, 2.75) is 0 Å². The van der Waals surface area contributed by atoms with Crippen LogP contribution in [0.4, 0.5) is 0 Å². The molecule has 0 unspecified atom stereocenters. The topological polar surface area (TPSA) is 44.8 Å². The molecule has 0 saturated heterocycles. The molecule has 278 valence electrons. The first-order valence-corrected chi connectivity index (χ1v) is 21.2. The zero-order valence-corrected chi connectivity index (χ0v) is 32.5. The largest absolute Gasteiger partial charge is 0.647 e. The first-order chi connectivity index (χ1) is 29.0. The molecule has 5 heteroatoms. The Bertz CT molecular complexity index is 3160. The Balaban J connectivity index is 0.865. The number of hydrogen-bond acceptors (Lipinski definition) is 4. The van der Waals surface area contributed by atoms with Crippen molar-refractivity contribution < 1.29 is 18.1 Å². The molecule has 0 radical (unpaired) electrons. The molecular formula is C54H33O4P. The maximum absolute atomic E-state index is 14.9. The summed E-state index contributed by atoms with van der Waals surface area (Å²) in [7, 11) is -4.30. The van der Waals surface area contributed by atoms with Crippen LogP contribution in [0.2, 0.25) is 0 Å². The molecule has 0 aromatic heterocycles. The van der Waals surface area contributed by atoms with Crippen LogP contribution in [0.15, 0.2) is 200 Å². The average molecular weight is 777 g/mol. The molecule has 12 aromatic carbocycles. The molecule has 0 heterocycles. The van der Waals surface area contributed by atoms with Crippen LogP contribution in [0.25, 0.3) is 98.0 Å². The first-order valence-electron chi connectivity index (χ1n) is 19.7. The van der Waals surface area contributed by atoms with Gasteiger partial charge in [-0.25, -0.2) is 0 Å². The Morgan fingerprint density at radius 1 is 0.271 bits per heavy atom. The zero-order chi connectivity index (χ0) is 39.1. The molecule has 0 aliphatic heterocycles. The highest BCUT2D eigenvalue weighted by Crippen LogP contribution is 2.51. The van der Waals surface area contributed by atoms with Crippen molar-refractivity contribution in [2.75, 3.05) is 0 Å². The van der Waals surface area contributed by atoms with E-state index in [0.29, 0.717) is 17.2 Å². The fourth-order valence-electron chi connectivity index (χ4n) is 8.77. The van der Waals surface area contributed by atoms with Crippen LogP contribution >= 0.6 is 7.82 Å². The molecule has 0 aliphatic carbocycles. The third-order valence-corrected chi connectivity index (χ3v) is 13.0. The van der Waals surface area contributed by atoms with Gasteiger partial charge in [0.1, 0.15) is 17.2 Å². The molecular weight excluding hydrogens is 744 g/mol. The van der Waals surface area contributed by atoms with Crippen molar-refractivity contribution in [2.24, 2.45) is 0 Å². The number of rotatable bonds is 9. The molecule has 0 aliphatic rings. The van der Waals surface area contributed by atoms with Crippen molar-refractivity contribution >= 4 is 72.5 Å². The van der Waals surface area contributed by atoms with E-state index < -0.39 is 7.82 Å². The highest BCUT2D eigenvalue weighted by atomic mass is 31.2. The summed E-state index contributed by atoms with van der Waals surface area (Å²) in [5.41, 5.74) is 6.40. The fourth-order valence-corrected chi connectivity index (χ4v) is 10.0. The van der Waals surface area contributed by atoms with Gasteiger partial charge in [0.05, 0.1) is 0 Å². The summed E-state index contributed by atoms with van der Waals surface area (Å²) in [6.45, 7) is 0. The lowest BCUT2D eigenvalue weighted by molar-refractivity contribution is 0.298. The van der Waals surface area contributed by atoms with Crippen LogP contribution in [0.1, 0.15) is 0 Å². The van der Waals surface area contributed by atoms with Crippen LogP contribution in [0.5, 0.6) is 17.2 Å². The van der Waals surface area contributed by atoms with E-state index >= 15 is 0 Å². The molecule has 12 rings (SSSR count). The van der Waals surface area contributed by atoms with E-state index in [9.17, 15) is 4.57 Å². The summed E-state index contributed by atoms with van der Waals surface area (Å²) < 4.78 is 33.5. The SMILES string of the molecule is O=P(Oc1ccc(-c2ccc3cc2c2cccc3c2)cc1)(Oc1ccc(-c2ccc3cc2c2cccc3c2)cc1)Oc1ccc(-c2ccc3cc2c2cccc3c2)cc1. The normalized spacial score (nSPS) is 12.1. The Kier molecular flexibility index (Phi) is 7.47. The maximum atomic E-state index is 14.9. The van der Waals surface area contributed by atoms with Gasteiger partial charge in [0.15, 0.2) is 0 Å². The lowest BCUT2D eigenvalue weighted by Gasteiger charge is -2.20. The van der Waals surface area contributed by atoms with Crippen LogP contribution in [0, 0.1) is 0 Å². The minimum atomic E-state index is -4.30. The monoisotopic (exact) mass is 776 g/mol. The lowest BCUT2D eigenvalue weighted by Crippen LogP contribution is -2.07. The quantitative estimate of drug-likeness (QED) is 0.137. The van der Waals surface area contributed by atoms with Gasteiger partial charge in [-0.05, 0) is 171 Å². The third kappa shape index (κ3) is 5.88. The lowest BCUT2D eigenvalue weighted by atomic mass is 9.94. The highest BCUT2D eigenvalue weighted by Gasteiger charge is 2.33. The van der Waals surface area contributed by atoms with E-state index in [-0.39, 0.29) is 0 Å². The molecule has 12 bridgehead atoms. The van der Waals surface area contributed by atoms with Gasteiger partial charge in [-0.15, -0.1) is 0 Å². The molecule has 0 fully saturated rings. The number of hydrogen-bond donors (Lipinski definition) is 0. The summed E-state index contributed by atoms with van der Waals surface area (Å²) in [5.74, 6) is 1.08. The van der Waals surface area contributed by atoms with Gasteiger partial charge in [0.25, 0.3) is 0 Å². The first kappa shape index (κ1) is 33.7. The second-order valence-electron chi connectivity index (χ2n) is 15.3. The van der Waals surface area contributed by atoms with Crippen LogP contribution in [-0.4, -0.2) is 0 Å². The molecule has 0 atom stereocenters. The minimum absolute atomic E-state index is 0.362. The van der Waals surface area contributed by atoms with Crippen LogP contribution < -0.4 is 13.6 Å². The highest BCUT2D eigenvalue weighted by molar-refractivity contribution is 7.49. The Morgan fingerprint density at radius 3 is 0.847 bits per heavy atom. The summed E-state index contributed by atoms with van der Waals surface area (Å²) in [5, 5.41) is 14.4. The Labute approximate surface area is 340 Å². The number of phosphoric ester groups is 1. The van der Waals surface area contributed by atoms with Crippen molar-refractivity contribution in [3.8, 4) is 50.6 Å². The molecule has 0 spiro atoms. The van der Waals surface area contributed by atoms with Crippen molar-refractivity contribution in [3.05, 3.63) is 200 Å². The van der Waals surface area contributed by atoms with Gasteiger partial charge in [0.2, 0.25) is 0 Å². The van der Waals surface area contributed by atoms with E-state index in [1.807, 2.05) is 72.8 Å². The molecule has 0 N–H and O–H groups in total. The maximum Gasteiger partial charge on any atom is 0.647 e. The van der Waals surface area contributed by atoms with Gasteiger partial charge >= 0.3 is 7.82 Å². The summed E-state index contributed by atoms with van der Waals surface area (Å²) >= 11 is 0. The predicted molar refractivity (Wildman–Crippen MR) is 244 cm³/mol. The third-order valence-electron chi connectivity index (χ3n) is 11.7. The molecule has 0 amide bonds. The van der Waals surface area contributed by atoms with E-state index in [1.54, 1.807) is 0 Å². The van der Waals surface area contributed by atoms with Gasteiger partial charge < -0.3 is 13.6 Å². The molecule has 59 heavy (non-hydrogen) atoms. The summed E-state index contributed by atoms with van der Waals surface area (Å²) in [6.07, 6.45) is 0. The number of fused-ring (bicyclic) bond motifs is 18. The van der Waals surface area contributed by atoms with Crippen LogP contribution in [-0.2, 0) is 4.57 Å². The van der Waals surface area contributed by atoms with Gasteiger partial charge in [-0.2, -0.15) is 4.57 Å². The smallest absolute Gasteiger partial charge is 0.386 e. The predicted octanol–water partition coefficient (Wildman–Crippen LogP) is 15.6.